The molecule has 2 rings (SSSR count). The molecule has 0 aliphatic heterocycles. The second kappa shape index (κ2) is 2.82. The van der Waals surface area contributed by atoms with Crippen LogP contribution in [0.4, 0.5) is 4.39 Å². The number of alkyl halides is 1. The Labute approximate surface area is 79.0 Å². The quantitative estimate of drug-likeness (QED) is 0.291. The van der Waals surface area contributed by atoms with Gasteiger partial charge in [-0.25, -0.2) is 4.39 Å². The third kappa shape index (κ3) is 1.07. The Bertz CT molecular complexity index is 453. The number of benzene rings is 1. The maximum absolute atomic E-state index is 13.7. The standard InChI is InChI=1S/C9H6FN3O/c10-9(12-13-11)5-6-3-1-2-4-7(6)8(9)14/h1-4H,5H2. The molecular formula is C9H6FN3O. The SMILES string of the molecule is [N-]=[N+]=NC1(F)Cc2ccccc2C1=O. The molecule has 1 aromatic rings. The van der Waals surface area contributed by atoms with Crippen molar-refractivity contribution in [2.75, 3.05) is 0 Å². The summed E-state index contributed by atoms with van der Waals surface area (Å²) in [5, 5.41) is 2.92. The molecule has 1 atom stereocenters. The number of hydrogen-bond donors (Lipinski definition) is 0. The molecule has 1 aliphatic carbocycles. The summed E-state index contributed by atoms with van der Waals surface area (Å²) in [6.07, 6.45) is -0.161. The minimum Gasteiger partial charge on any atom is -0.290 e. The molecule has 4 nitrogen and oxygen atoms in total. The number of azide groups is 1. The summed E-state index contributed by atoms with van der Waals surface area (Å²) in [4.78, 5) is 13.8. The summed E-state index contributed by atoms with van der Waals surface area (Å²) in [5.74, 6) is -3.16. The lowest BCUT2D eigenvalue weighted by atomic mass is 10.1. The van der Waals surface area contributed by atoms with Crippen LogP contribution in [0.5, 0.6) is 0 Å². The summed E-state index contributed by atoms with van der Waals surface area (Å²) in [6, 6.07) is 6.56. The van der Waals surface area contributed by atoms with E-state index in [0.717, 1.165) is 0 Å². The highest BCUT2D eigenvalue weighted by molar-refractivity contribution is 6.06. The number of ketones is 1. The molecule has 70 valence electrons. The molecule has 1 aliphatic rings. The molecule has 0 radical (unpaired) electrons. The zero-order valence-corrected chi connectivity index (χ0v) is 7.14. The van der Waals surface area contributed by atoms with E-state index in [1.165, 1.54) is 6.07 Å². The lowest BCUT2D eigenvalue weighted by Gasteiger charge is -2.07. The average Bonchev–Trinajstić information content (AvgIpc) is 2.41. The molecule has 0 N–H and O–H groups in total. The number of nitrogens with zero attached hydrogens (tertiary/aromatic N) is 3. The first kappa shape index (κ1) is 8.72. The van der Waals surface area contributed by atoms with Gasteiger partial charge in [0.2, 0.25) is 5.78 Å². The molecule has 0 amide bonds. The second-order valence-electron chi connectivity index (χ2n) is 3.11. The summed E-state index contributed by atoms with van der Waals surface area (Å²) < 4.78 is 13.7. The van der Waals surface area contributed by atoms with E-state index in [2.05, 4.69) is 10.0 Å². The predicted molar refractivity (Wildman–Crippen MR) is 47.5 cm³/mol. The highest BCUT2D eigenvalue weighted by atomic mass is 19.1. The van der Waals surface area contributed by atoms with E-state index in [4.69, 9.17) is 5.53 Å². The zero-order chi connectivity index (χ0) is 10.2. The van der Waals surface area contributed by atoms with Crippen LogP contribution in [-0.2, 0) is 6.42 Å². The van der Waals surface area contributed by atoms with E-state index in [1.807, 2.05) is 0 Å². The van der Waals surface area contributed by atoms with Gasteiger partial charge in [-0.1, -0.05) is 24.3 Å². The van der Waals surface area contributed by atoms with Gasteiger partial charge in [-0.15, -0.1) is 0 Å². The van der Waals surface area contributed by atoms with Crippen LogP contribution < -0.4 is 0 Å². The minimum atomic E-state index is -2.42. The van der Waals surface area contributed by atoms with Crippen molar-refractivity contribution in [1.29, 1.82) is 0 Å². The van der Waals surface area contributed by atoms with Crippen LogP contribution in [0.25, 0.3) is 10.4 Å². The molecule has 1 unspecified atom stereocenters. The van der Waals surface area contributed by atoms with Gasteiger partial charge in [0.05, 0.1) is 0 Å². The van der Waals surface area contributed by atoms with E-state index in [9.17, 15) is 9.18 Å². The summed E-state index contributed by atoms with van der Waals surface area (Å²) in [6.45, 7) is 0. The van der Waals surface area contributed by atoms with Crippen LogP contribution >= 0.6 is 0 Å². The molecule has 0 saturated heterocycles. The topological polar surface area (TPSA) is 65.8 Å². The molecule has 5 heteroatoms. The van der Waals surface area contributed by atoms with Crippen molar-refractivity contribution in [3.8, 4) is 0 Å². The molecule has 14 heavy (non-hydrogen) atoms. The molecule has 0 aromatic heterocycles. The smallest absolute Gasteiger partial charge is 0.255 e. The first-order valence-electron chi connectivity index (χ1n) is 4.05. The van der Waals surface area contributed by atoms with Gasteiger partial charge in [-0.2, -0.15) is 0 Å². The fraction of sp³-hybridized carbons (Fsp3) is 0.222. The second-order valence-corrected chi connectivity index (χ2v) is 3.11. The van der Waals surface area contributed by atoms with Gasteiger partial charge < -0.3 is 0 Å². The maximum atomic E-state index is 13.7. The predicted octanol–water partition coefficient (Wildman–Crippen LogP) is 2.40. The van der Waals surface area contributed by atoms with Gasteiger partial charge in [-0.05, 0) is 16.2 Å². The van der Waals surface area contributed by atoms with Crippen molar-refractivity contribution < 1.29 is 9.18 Å². The highest BCUT2D eigenvalue weighted by Crippen LogP contribution is 2.34. The van der Waals surface area contributed by atoms with Crippen molar-refractivity contribution in [1.82, 2.24) is 0 Å². The minimum absolute atomic E-state index is 0.161. The largest absolute Gasteiger partial charge is 0.290 e. The Balaban J connectivity index is 2.53. The zero-order valence-electron chi connectivity index (χ0n) is 7.14. The normalized spacial score (nSPS) is 24.2. The van der Waals surface area contributed by atoms with Crippen LogP contribution in [0, 0.1) is 0 Å². The van der Waals surface area contributed by atoms with Crippen LogP contribution in [-0.4, -0.2) is 11.6 Å². The summed E-state index contributed by atoms with van der Waals surface area (Å²) in [5.41, 5.74) is 9.05. The van der Waals surface area contributed by atoms with Crippen molar-refractivity contribution in [3.05, 3.63) is 45.8 Å². The van der Waals surface area contributed by atoms with Gasteiger partial charge >= 0.3 is 0 Å². The number of Topliss-reactive ketones (excluding diaryl/α,β-unsaturated/α-hetero) is 1. The van der Waals surface area contributed by atoms with Crippen LogP contribution in [0.15, 0.2) is 29.4 Å². The number of carbonyl (C=O) groups excluding carboxylic acids is 1. The molecule has 1 aromatic carbocycles. The fourth-order valence-corrected chi connectivity index (χ4v) is 1.59. The van der Waals surface area contributed by atoms with Crippen molar-refractivity contribution in [3.63, 3.8) is 0 Å². The van der Waals surface area contributed by atoms with Gasteiger partial charge in [0, 0.05) is 16.9 Å². The van der Waals surface area contributed by atoms with E-state index in [-0.39, 0.29) is 6.42 Å². The Hall–Kier alpha value is -1.87. The number of fused-ring (bicyclic) bond motifs is 1. The fourth-order valence-electron chi connectivity index (χ4n) is 1.59. The van der Waals surface area contributed by atoms with E-state index in [1.54, 1.807) is 18.2 Å². The Morgan fingerprint density at radius 2 is 2.21 bits per heavy atom. The number of hydrogen-bond acceptors (Lipinski definition) is 2. The Morgan fingerprint density at radius 3 is 2.86 bits per heavy atom. The van der Waals surface area contributed by atoms with Crippen molar-refractivity contribution in [2.24, 2.45) is 5.11 Å². The van der Waals surface area contributed by atoms with Crippen LogP contribution in [0.2, 0.25) is 0 Å². The lowest BCUT2D eigenvalue weighted by molar-refractivity contribution is 0.0735. The first-order valence-corrected chi connectivity index (χ1v) is 4.05. The van der Waals surface area contributed by atoms with E-state index in [0.29, 0.717) is 11.1 Å². The summed E-state index contributed by atoms with van der Waals surface area (Å²) in [7, 11) is 0. The summed E-state index contributed by atoms with van der Waals surface area (Å²) >= 11 is 0. The number of carbonyl (C=O) groups is 1. The van der Waals surface area contributed by atoms with Gasteiger partial charge in [0.1, 0.15) is 0 Å². The molecule has 0 saturated carbocycles. The van der Waals surface area contributed by atoms with E-state index < -0.39 is 11.6 Å². The maximum Gasteiger partial charge on any atom is 0.255 e. The Morgan fingerprint density at radius 1 is 1.50 bits per heavy atom. The molecule has 0 heterocycles. The molecule has 0 bridgehead atoms. The molecule has 0 fully saturated rings. The monoisotopic (exact) mass is 191 g/mol. The third-order valence-corrected chi connectivity index (χ3v) is 2.24. The lowest BCUT2D eigenvalue weighted by Crippen LogP contribution is -2.26. The van der Waals surface area contributed by atoms with Crippen molar-refractivity contribution in [2.45, 2.75) is 12.2 Å². The third-order valence-electron chi connectivity index (χ3n) is 2.24. The average molecular weight is 191 g/mol. The Kier molecular flexibility index (Phi) is 1.75. The van der Waals surface area contributed by atoms with Crippen LogP contribution in [0.1, 0.15) is 15.9 Å². The van der Waals surface area contributed by atoms with E-state index >= 15 is 0 Å². The number of halogens is 1. The van der Waals surface area contributed by atoms with Crippen LogP contribution in [0.3, 0.4) is 0 Å². The van der Waals surface area contributed by atoms with Gasteiger partial charge in [0.15, 0.2) is 0 Å². The molecular weight excluding hydrogens is 185 g/mol. The van der Waals surface area contributed by atoms with Gasteiger partial charge in [0.25, 0.3) is 5.79 Å². The van der Waals surface area contributed by atoms with Crippen molar-refractivity contribution >= 4 is 5.78 Å². The first-order chi connectivity index (χ1) is 6.67. The highest BCUT2D eigenvalue weighted by Gasteiger charge is 2.45. The number of rotatable bonds is 1. The van der Waals surface area contributed by atoms with Gasteiger partial charge in [-0.3, -0.25) is 4.79 Å². The molecule has 0 spiro atoms.